The molecule has 1 saturated heterocycles. The second-order valence-corrected chi connectivity index (χ2v) is 8.38. The number of aromatic nitrogens is 3. The molecule has 2 aliphatic heterocycles. The molecular formula is C25H24FN5. The Hall–Kier alpha value is -3.38. The number of halogens is 1. The number of fused-ring (bicyclic) bond motifs is 5. The van der Waals surface area contributed by atoms with Gasteiger partial charge in [-0.2, -0.15) is 0 Å². The first-order chi connectivity index (χ1) is 15.2. The highest BCUT2D eigenvalue weighted by molar-refractivity contribution is 5.72. The van der Waals surface area contributed by atoms with Gasteiger partial charge < -0.3 is 15.2 Å². The zero-order valence-corrected chi connectivity index (χ0v) is 17.2. The van der Waals surface area contributed by atoms with Gasteiger partial charge in [0.15, 0.2) is 5.82 Å². The molecule has 0 spiro atoms. The molecule has 2 N–H and O–H groups in total. The van der Waals surface area contributed by atoms with Gasteiger partial charge >= 0.3 is 0 Å². The average molecular weight is 414 g/mol. The number of nitrogens with one attached hydrogen (secondary N) is 2. The zero-order chi connectivity index (χ0) is 20.8. The van der Waals surface area contributed by atoms with Crippen LogP contribution in [-0.4, -0.2) is 33.2 Å². The van der Waals surface area contributed by atoms with E-state index >= 15 is 0 Å². The number of hydrogen-bond donors (Lipinski definition) is 2. The predicted octanol–water partition coefficient (Wildman–Crippen LogP) is 4.67. The van der Waals surface area contributed by atoms with Crippen LogP contribution in [0, 0.1) is 5.82 Å². The molecule has 2 aromatic heterocycles. The molecule has 1 fully saturated rings. The van der Waals surface area contributed by atoms with Gasteiger partial charge in [-0.25, -0.2) is 9.37 Å². The fourth-order valence-corrected chi connectivity index (χ4v) is 4.74. The summed E-state index contributed by atoms with van der Waals surface area (Å²) in [6, 6.07) is 16.0. The predicted molar refractivity (Wildman–Crippen MR) is 121 cm³/mol. The molecule has 0 radical (unpaired) electrons. The van der Waals surface area contributed by atoms with Crippen molar-refractivity contribution in [3.8, 4) is 28.3 Å². The quantitative estimate of drug-likeness (QED) is 0.452. The third-order valence-electron chi connectivity index (χ3n) is 6.33. The molecule has 0 bridgehead atoms. The largest absolute Gasteiger partial charge is 0.382 e. The number of benzene rings is 2. The van der Waals surface area contributed by atoms with Crippen LogP contribution in [0.2, 0.25) is 0 Å². The van der Waals surface area contributed by atoms with E-state index in [0.29, 0.717) is 6.04 Å². The van der Waals surface area contributed by atoms with Crippen LogP contribution in [0.25, 0.3) is 28.3 Å². The third kappa shape index (κ3) is 3.33. The van der Waals surface area contributed by atoms with Gasteiger partial charge in [0.25, 0.3) is 0 Å². The summed E-state index contributed by atoms with van der Waals surface area (Å²) in [6.07, 6.45) is 8.30. The number of imidazole rings is 1. The molecule has 6 heteroatoms. The summed E-state index contributed by atoms with van der Waals surface area (Å²) in [6.45, 7) is 2.90. The SMILES string of the molecule is Fc1ccc(-c2cc3n(c2)Cc2cc(NC4CCNCC4)ccc2-n2ccnc2-3)cc1. The minimum absolute atomic E-state index is 0.220. The zero-order valence-electron chi connectivity index (χ0n) is 17.2. The maximum absolute atomic E-state index is 13.4. The van der Waals surface area contributed by atoms with Crippen LogP contribution >= 0.6 is 0 Å². The van der Waals surface area contributed by atoms with Crippen LogP contribution < -0.4 is 10.6 Å². The first-order valence-corrected chi connectivity index (χ1v) is 10.8. The lowest BCUT2D eigenvalue weighted by Crippen LogP contribution is -2.35. The van der Waals surface area contributed by atoms with E-state index < -0.39 is 0 Å². The van der Waals surface area contributed by atoms with E-state index in [1.807, 2.05) is 24.5 Å². The Morgan fingerprint density at radius 2 is 1.84 bits per heavy atom. The van der Waals surface area contributed by atoms with E-state index in [-0.39, 0.29) is 5.82 Å². The fraction of sp³-hybridized carbons (Fsp3) is 0.240. The van der Waals surface area contributed by atoms with Crippen molar-refractivity contribution < 1.29 is 4.39 Å². The Labute approximate surface area is 180 Å². The molecule has 4 heterocycles. The number of nitrogens with zero attached hydrogens (tertiary/aromatic N) is 3. The molecule has 6 rings (SSSR count). The van der Waals surface area contributed by atoms with Gasteiger partial charge in [0.2, 0.25) is 0 Å². The maximum atomic E-state index is 13.4. The Kier molecular flexibility index (Phi) is 4.39. The molecule has 0 atom stereocenters. The van der Waals surface area contributed by atoms with Gasteiger partial charge in [0.1, 0.15) is 5.82 Å². The van der Waals surface area contributed by atoms with E-state index in [1.165, 1.54) is 23.4 Å². The normalized spacial score (nSPS) is 15.6. The lowest BCUT2D eigenvalue weighted by atomic mass is 10.1. The Morgan fingerprint density at radius 1 is 1.00 bits per heavy atom. The van der Waals surface area contributed by atoms with Crippen LogP contribution in [0.3, 0.4) is 0 Å². The smallest absolute Gasteiger partial charge is 0.161 e. The molecule has 4 aromatic rings. The molecule has 31 heavy (non-hydrogen) atoms. The second-order valence-electron chi connectivity index (χ2n) is 8.38. The molecule has 0 aliphatic carbocycles. The monoisotopic (exact) mass is 413 g/mol. The Morgan fingerprint density at radius 3 is 2.68 bits per heavy atom. The van der Waals surface area contributed by atoms with Crippen molar-refractivity contribution >= 4 is 5.69 Å². The van der Waals surface area contributed by atoms with Crippen LogP contribution in [0.15, 0.2) is 67.1 Å². The number of hydrogen-bond acceptors (Lipinski definition) is 3. The van der Waals surface area contributed by atoms with Crippen LogP contribution in [-0.2, 0) is 6.54 Å². The summed E-state index contributed by atoms with van der Waals surface area (Å²) in [5.74, 6) is 0.703. The molecule has 0 saturated carbocycles. The van der Waals surface area contributed by atoms with Crippen LogP contribution in [0.1, 0.15) is 18.4 Å². The third-order valence-corrected chi connectivity index (χ3v) is 6.33. The second kappa shape index (κ2) is 7.39. The first kappa shape index (κ1) is 18.4. The first-order valence-electron chi connectivity index (χ1n) is 10.8. The van der Waals surface area contributed by atoms with Crippen molar-refractivity contribution in [1.82, 2.24) is 19.4 Å². The molecular weight excluding hydrogens is 389 g/mol. The molecule has 156 valence electrons. The van der Waals surface area contributed by atoms with Gasteiger partial charge in [0.05, 0.1) is 11.4 Å². The summed E-state index contributed by atoms with van der Waals surface area (Å²) in [5.41, 5.74) is 6.71. The summed E-state index contributed by atoms with van der Waals surface area (Å²) < 4.78 is 17.8. The van der Waals surface area contributed by atoms with E-state index in [2.05, 4.69) is 55.2 Å². The highest BCUT2D eigenvalue weighted by Gasteiger charge is 2.22. The fourth-order valence-electron chi connectivity index (χ4n) is 4.74. The van der Waals surface area contributed by atoms with Gasteiger partial charge in [-0.1, -0.05) is 12.1 Å². The van der Waals surface area contributed by atoms with Crippen LogP contribution in [0.5, 0.6) is 0 Å². The van der Waals surface area contributed by atoms with E-state index in [1.54, 1.807) is 0 Å². The minimum Gasteiger partial charge on any atom is -0.382 e. The van der Waals surface area contributed by atoms with Gasteiger partial charge in [-0.3, -0.25) is 4.57 Å². The van der Waals surface area contributed by atoms with Crippen molar-refractivity contribution in [2.75, 3.05) is 18.4 Å². The highest BCUT2D eigenvalue weighted by atomic mass is 19.1. The summed E-state index contributed by atoms with van der Waals surface area (Å²) in [5, 5.41) is 7.14. The number of anilines is 1. The van der Waals surface area contributed by atoms with Crippen molar-refractivity contribution in [3.63, 3.8) is 0 Å². The van der Waals surface area contributed by atoms with Crippen molar-refractivity contribution in [2.24, 2.45) is 0 Å². The standard InChI is InChI=1S/C25H24FN5/c26-20-3-1-17(2-4-20)18-14-24-25-28-11-12-31(25)23-6-5-22(13-19(23)16-30(24)15-18)29-21-7-9-27-10-8-21/h1-6,11-15,21,27,29H,7-10,16H2. The molecule has 0 amide bonds. The van der Waals surface area contributed by atoms with E-state index in [9.17, 15) is 4.39 Å². The van der Waals surface area contributed by atoms with E-state index in [0.717, 1.165) is 60.8 Å². The lowest BCUT2D eigenvalue weighted by Gasteiger charge is -2.25. The Bertz CT molecular complexity index is 1230. The van der Waals surface area contributed by atoms with Gasteiger partial charge in [-0.05, 0) is 73.5 Å². The lowest BCUT2D eigenvalue weighted by molar-refractivity contribution is 0.479. The van der Waals surface area contributed by atoms with Crippen LogP contribution in [0.4, 0.5) is 10.1 Å². The summed E-state index contributed by atoms with van der Waals surface area (Å²) in [4.78, 5) is 4.65. The number of piperidine rings is 1. The van der Waals surface area contributed by atoms with E-state index in [4.69, 9.17) is 0 Å². The van der Waals surface area contributed by atoms with Crippen molar-refractivity contribution in [1.29, 1.82) is 0 Å². The molecule has 2 aromatic carbocycles. The molecule has 5 nitrogen and oxygen atoms in total. The number of rotatable bonds is 3. The van der Waals surface area contributed by atoms with Crippen molar-refractivity contribution in [3.05, 3.63) is 78.5 Å². The topological polar surface area (TPSA) is 46.8 Å². The van der Waals surface area contributed by atoms with Gasteiger partial charge in [-0.15, -0.1) is 0 Å². The summed E-state index contributed by atoms with van der Waals surface area (Å²) >= 11 is 0. The molecule has 2 aliphatic rings. The summed E-state index contributed by atoms with van der Waals surface area (Å²) in [7, 11) is 0. The molecule has 0 unspecified atom stereocenters. The van der Waals surface area contributed by atoms with Gasteiger partial charge in [0, 0.05) is 42.4 Å². The minimum atomic E-state index is -0.220. The average Bonchev–Trinajstić information content (AvgIpc) is 3.40. The highest BCUT2D eigenvalue weighted by Crippen LogP contribution is 2.35. The Balaban J connectivity index is 1.40. The maximum Gasteiger partial charge on any atom is 0.161 e. The van der Waals surface area contributed by atoms with Crippen molar-refractivity contribution in [2.45, 2.75) is 25.4 Å².